The number of carbonyl (C=O) groups excluding carboxylic acids is 1. The van der Waals surface area contributed by atoms with Gasteiger partial charge in [-0.3, -0.25) is 0 Å². The highest BCUT2D eigenvalue weighted by atomic mass is 16.5. The van der Waals surface area contributed by atoms with Crippen LogP contribution in [0.25, 0.3) is 0 Å². The summed E-state index contributed by atoms with van der Waals surface area (Å²) in [5.41, 5.74) is 0. The monoisotopic (exact) mass is 268 g/mol. The molecular formula is C15H28N2O2. The molecule has 4 nitrogen and oxygen atoms in total. The van der Waals surface area contributed by atoms with Crippen molar-refractivity contribution in [1.82, 2.24) is 10.2 Å². The van der Waals surface area contributed by atoms with Crippen molar-refractivity contribution in [3.05, 3.63) is 0 Å². The number of ether oxygens (including phenoxy) is 1. The molecule has 0 aromatic heterocycles. The molecule has 0 aromatic carbocycles. The van der Waals surface area contributed by atoms with E-state index >= 15 is 0 Å². The molecule has 0 unspecified atom stereocenters. The first kappa shape index (κ1) is 14.6. The van der Waals surface area contributed by atoms with Crippen LogP contribution in [0.15, 0.2) is 0 Å². The SMILES string of the molecule is COCCCCCNC(=O)N1CCC[C@@H]2CCC[C@H]21. The lowest BCUT2D eigenvalue weighted by atomic mass is 9.92. The summed E-state index contributed by atoms with van der Waals surface area (Å²) in [6.45, 7) is 2.58. The second-order valence-electron chi connectivity index (χ2n) is 5.88. The molecule has 1 aliphatic carbocycles. The molecule has 110 valence electrons. The lowest BCUT2D eigenvalue weighted by Gasteiger charge is -2.37. The molecule has 1 saturated carbocycles. The quantitative estimate of drug-likeness (QED) is 0.753. The Labute approximate surface area is 116 Å². The summed E-state index contributed by atoms with van der Waals surface area (Å²) in [5.74, 6) is 0.779. The minimum atomic E-state index is 0.170. The van der Waals surface area contributed by atoms with Crippen LogP contribution in [0, 0.1) is 5.92 Å². The van der Waals surface area contributed by atoms with Crippen LogP contribution >= 0.6 is 0 Å². The molecule has 1 N–H and O–H groups in total. The van der Waals surface area contributed by atoms with Crippen molar-refractivity contribution in [2.24, 2.45) is 5.92 Å². The average Bonchev–Trinajstić information content (AvgIpc) is 2.90. The van der Waals surface area contributed by atoms with E-state index in [1.54, 1.807) is 7.11 Å². The molecule has 2 amide bonds. The van der Waals surface area contributed by atoms with Gasteiger partial charge in [0.2, 0.25) is 0 Å². The average molecular weight is 268 g/mol. The van der Waals surface area contributed by atoms with E-state index < -0.39 is 0 Å². The van der Waals surface area contributed by atoms with Gasteiger partial charge in [-0.25, -0.2) is 4.79 Å². The Morgan fingerprint density at radius 1 is 1.21 bits per heavy atom. The largest absolute Gasteiger partial charge is 0.385 e. The Balaban J connectivity index is 1.65. The second kappa shape index (κ2) is 7.73. The van der Waals surface area contributed by atoms with Crippen molar-refractivity contribution in [2.45, 2.75) is 57.4 Å². The molecule has 0 radical (unpaired) electrons. The maximum absolute atomic E-state index is 12.2. The van der Waals surface area contributed by atoms with Crippen LogP contribution in [0.3, 0.4) is 0 Å². The fraction of sp³-hybridized carbons (Fsp3) is 0.933. The number of methoxy groups -OCH3 is 1. The van der Waals surface area contributed by atoms with E-state index in [0.29, 0.717) is 6.04 Å². The molecule has 19 heavy (non-hydrogen) atoms. The summed E-state index contributed by atoms with van der Waals surface area (Å²) in [7, 11) is 1.73. The number of piperidine rings is 1. The van der Waals surface area contributed by atoms with Gasteiger partial charge >= 0.3 is 6.03 Å². The lowest BCUT2D eigenvalue weighted by molar-refractivity contribution is 0.128. The van der Waals surface area contributed by atoms with E-state index in [9.17, 15) is 4.79 Å². The summed E-state index contributed by atoms with van der Waals surface area (Å²) < 4.78 is 5.02. The lowest BCUT2D eigenvalue weighted by Crippen LogP contribution is -2.50. The summed E-state index contributed by atoms with van der Waals surface area (Å²) in [5, 5.41) is 3.09. The third kappa shape index (κ3) is 4.10. The van der Waals surface area contributed by atoms with Gasteiger partial charge in [0.25, 0.3) is 0 Å². The molecule has 2 rings (SSSR count). The number of hydrogen-bond acceptors (Lipinski definition) is 2. The zero-order valence-corrected chi connectivity index (χ0v) is 12.2. The van der Waals surface area contributed by atoms with E-state index in [2.05, 4.69) is 10.2 Å². The highest BCUT2D eigenvalue weighted by Crippen LogP contribution is 2.36. The van der Waals surface area contributed by atoms with Crippen molar-refractivity contribution in [3.63, 3.8) is 0 Å². The van der Waals surface area contributed by atoms with Crippen LogP contribution in [0.4, 0.5) is 4.79 Å². The molecule has 1 aliphatic heterocycles. The topological polar surface area (TPSA) is 41.6 Å². The fourth-order valence-corrected chi connectivity index (χ4v) is 3.55. The number of rotatable bonds is 6. The molecule has 2 atom stereocenters. The molecule has 2 fully saturated rings. The van der Waals surface area contributed by atoms with Crippen LogP contribution in [0.1, 0.15) is 51.4 Å². The van der Waals surface area contributed by atoms with Crippen molar-refractivity contribution < 1.29 is 9.53 Å². The van der Waals surface area contributed by atoms with Gasteiger partial charge in [-0.05, 0) is 50.9 Å². The van der Waals surface area contributed by atoms with Gasteiger partial charge in [-0.2, -0.15) is 0 Å². The number of amides is 2. The molecule has 4 heteroatoms. The number of fused-ring (bicyclic) bond motifs is 1. The number of carbonyl (C=O) groups is 1. The van der Waals surface area contributed by atoms with Crippen molar-refractivity contribution >= 4 is 6.03 Å². The third-order valence-corrected chi connectivity index (χ3v) is 4.56. The van der Waals surface area contributed by atoms with Crippen molar-refractivity contribution in [3.8, 4) is 0 Å². The normalized spacial score (nSPS) is 26.3. The van der Waals surface area contributed by atoms with Crippen molar-refractivity contribution in [1.29, 1.82) is 0 Å². The molecule has 0 bridgehead atoms. The zero-order chi connectivity index (χ0) is 13.5. The van der Waals surface area contributed by atoms with Crippen LogP contribution in [0.5, 0.6) is 0 Å². The van der Waals surface area contributed by atoms with Crippen LogP contribution < -0.4 is 5.32 Å². The van der Waals surface area contributed by atoms with Crippen molar-refractivity contribution in [2.75, 3.05) is 26.8 Å². The first-order valence-corrected chi connectivity index (χ1v) is 7.86. The number of unbranched alkanes of at least 4 members (excludes halogenated alkanes) is 2. The predicted molar refractivity (Wildman–Crippen MR) is 76.2 cm³/mol. The standard InChI is InChI=1S/C15H28N2O2/c1-19-12-4-2-3-10-16-15(18)17-11-6-8-13-7-5-9-14(13)17/h13-14H,2-12H2,1H3,(H,16,18)/t13-,14+/m0/s1. The minimum Gasteiger partial charge on any atom is -0.385 e. The number of nitrogens with one attached hydrogen (secondary N) is 1. The smallest absolute Gasteiger partial charge is 0.317 e. The van der Waals surface area contributed by atoms with Gasteiger partial charge in [-0.15, -0.1) is 0 Å². The van der Waals surface area contributed by atoms with Crippen LogP contribution in [-0.4, -0.2) is 43.8 Å². The molecular weight excluding hydrogens is 240 g/mol. The summed E-state index contributed by atoms with van der Waals surface area (Å²) in [4.78, 5) is 14.3. The van der Waals surface area contributed by atoms with Gasteiger partial charge in [0.15, 0.2) is 0 Å². The van der Waals surface area contributed by atoms with Crippen LogP contribution in [-0.2, 0) is 4.74 Å². The number of hydrogen-bond donors (Lipinski definition) is 1. The Kier molecular flexibility index (Phi) is 5.95. The third-order valence-electron chi connectivity index (χ3n) is 4.56. The van der Waals surface area contributed by atoms with E-state index in [-0.39, 0.29) is 6.03 Å². The van der Waals surface area contributed by atoms with Gasteiger partial charge in [0, 0.05) is 32.8 Å². The van der Waals surface area contributed by atoms with E-state index in [4.69, 9.17) is 4.74 Å². The van der Waals surface area contributed by atoms with E-state index in [0.717, 1.165) is 44.9 Å². The molecule has 1 saturated heterocycles. The zero-order valence-electron chi connectivity index (χ0n) is 12.2. The van der Waals surface area contributed by atoms with Gasteiger partial charge in [-0.1, -0.05) is 6.42 Å². The summed E-state index contributed by atoms with van der Waals surface area (Å²) in [6.07, 6.45) is 9.61. The van der Waals surface area contributed by atoms with Crippen LogP contribution in [0.2, 0.25) is 0 Å². The molecule has 2 aliphatic rings. The summed E-state index contributed by atoms with van der Waals surface area (Å²) >= 11 is 0. The number of nitrogens with zero attached hydrogens (tertiary/aromatic N) is 1. The van der Waals surface area contributed by atoms with E-state index in [1.807, 2.05) is 0 Å². The van der Waals surface area contributed by atoms with E-state index in [1.165, 1.54) is 32.1 Å². The van der Waals surface area contributed by atoms with Gasteiger partial charge in [0.1, 0.15) is 0 Å². The van der Waals surface area contributed by atoms with Gasteiger partial charge in [0.05, 0.1) is 0 Å². The van der Waals surface area contributed by atoms with Gasteiger partial charge < -0.3 is 15.0 Å². The summed E-state index contributed by atoms with van der Waals surface area (Å²) in [6, 6.07) is 0.700. The second-order valence-corrected chi connectivity index (χ2v) is 5.88. The molecule has 0 spiro atoms. The maximum Gasteiger partial charge on any atom is 0.317 e. The fourth-order valence-electron chi connectivity index (χ4n) is 3.55. The Morgan fingerprint density at radius 3 is 2.89 bits per heavy atom. The first-order valence-electron chi connectivity index (χ1n) is 7.86. The number of likely N-dealkylation sites (tertiary alicyclic amines) is 1. The number of urea groups is 1. The Morgan fingerprint density at radius 2 is 2.05 bits per heavy atom. The highest BCUT2D eigenvalue weighted by Gasteiger charge is 2.37. The minimum absolute atomic E-state index is 0.170. The Hall–Kier alpha value is -0.770. The Bertz CT molecular complexity index is 283. The predicted octanol–water partition coefficient (Wildman–Crippen LogP) is 2.78. The maximum atomic E-state index is 12.2. The first-order chi connectivity index (χ1) is 9.33. The molecule has 1 heterocycles. The highest BCUT2D eigenvalue weighted by molar-refractivity contribution is 5.74. The molecule has 0 aromatic rings.